The van der Waals surface area contributed by atoms with Gasteiger partial charge in [0.1, 0.15) is 13.2 Å². The van der Waals surface area contributed by atoms with E-state index in [0.717, 1.165) is 29.9 Å². The van der Waals surface area contributed by atoms with Crippen LogP contribution < -0.4 is 15.2 Å². The van der Waals surface area contributed by atoms with Crippen LogP contribution in [0.25, 0.3) is 0 Å². The molecule has 1 heterocycles. The first-order valence-electron chi connectivity index (χ1n) is 5.58. The van der Waals surface area contributed by atoms with Crippen LogP contribution in [0, 0.1) is 0 Å². The molecule has 0 aliphatic carbocycles. The molecular formula is C13H17NO2. The van der Waals surface area contributed by atoms with Gasteiger partial charge in [-0.2, -0.15) is 0 Å². The number of nitrogens with two attached hydrogens (primary N) is 1. The van der Waals surface area contributed by atoms with E-state index in [9.17, 15) is 0 Å². The highest BCUT2D eigenvalue weighted by Crippen LogP contribution is 2.37. The molecular weight excluding hydrogens is 202 g/mol. The number of para-hydroxylation sites is 1. The lowest BCUT2D eigenvalue weighted by Gasteiger charge is -2.23. The molecule has 0 unspecified atom stereocenters. The van der Waals surface area contributed by atoms with Crippen molar-refractivity contribution < 1.29 is 9.47 Å². The van der Waals surface area contributed by atoms with Crippen LogP contribution in [0.2, 0.25) is 0 Å². The molecule has 1 atom stereocenters. The lowest BCUT2D eigenvalue weighted by Crippen LogP contribution is -2.19. The third kappa shape index (κ3) is 2.19. The van der Waals surface area contributed by atoms with Crippen LogP contribution in [0.1, 0.15) is 24.4 Å². The largest absolute Gasteiger partial charge is 0.486 e. The van der Waals surface area contributed by atoms with Gasteiger partial charge in [0.25, 0.3) is 0 Å². The van der Waals surface area contributed by atoms with Gasteiger partial charge < -0.3 is 15.2 Å². The minimum Gasteiger partial charge on any atom is -0.486 e. The second-order valence-corrected chi connectivity index (χ2v) is 3.84. The van der Waals surface area contributed by atoms with Crippen LogP contribution in [0.4, 0.5) is 0 Å². The van der Waals surface area contributed by atoms with Gasteiger partial charge in [-0.05, 0) is 18.9 Å². The fourth-order valence-electron chi connectivity index (χ4n) is 1.84. The van der Waals surface area contributed by atoms with Crippen molar-refractivity contribution in [2.75, 3.05) is 13.2 Å². The number of hydrogen-bond acceptors (Lipinski definition) is 3. The zero-order valence-electron chi connectivity index (χ0n) is 9.32. The van der Waals surface area contributed by atoms with E-state index in [0.29, 0.717) is 13.2 Å². The summed E-state index contributed by atoms with van der Waals surface area (Å²) in [6.45, 7) is 4.91. The van der Waals surface area contributed by atoms with Crippen molar-refractivity contribution in [2.24, 2.45) is 5.73 Å². The highest BCUT2D eigenvalue weighted by atomic mass is 16.6. The van der Waals surface area contributed by atoms with Crippen LogP contribution in [0.5, 0.6) is 11.5 Å². The topological polar surface area (TPSA) is 44.5 Å². The van der Waals surface area contributed by atoms with E-state index in [4.69, 9.17) is 15.2 Å². The lowest BCUT2D eigenvalue weighted by atomic mass is 10.0. The van der Waals surface area contributed by atoms with Gasteiger partial charge in [0.2, 0.25) is 0 Å². The first kappa shape index (κ1) is 11.0. The SMILES string of the molecule is C=CCC[C@@H](N)c1cccc2c1OCCO2. The summed E-state index contributed by atoms with van der Waals surface area (Å²) in [7, 11) is 0. The van der Waals surface area contributed by atoms with Gasteiger partial charge in [0.05, 0.1) is 0 Å². The van der Waals surface area contributed by atoms with Crippen LogP contribution >= 0.6 is 0 Å². The molecule has 0 amide bonds. The smallest absolute Gasteiger partial charge is 0.166 e. The molecule has 1 aliphatic heterocycles. The molecule has 0 spiro atoms. The van der Waals surface area contributed by atoms with Crippen LogP contribution in [-0.2, 0) is 0 Å². The summed E-state index contributed by atoms with van der Waals surface area (Å²) in [5.74, 6) is 1.61. The lowest BCUT2D eigenvalue weighted by molar-refractivity contribution is 0.169. The maximum absolute atomic E-state index is 6.12. The van der Waals surface area contributed by atoms with E-state index in [1.807, 2.05) is 24.3 Å². The van der Waals surface area contributed by atoms with Crippen molar-refractivity contribution >= 4 is 0 Å². The Balaban J connectivity index is 2.22. The number of hydrogen-bond donors (Lipinski definition) is 1. The second-order valence-electron chi connectivity index (χ2n) is 3.84. The molecule has 3 heteroatoms. The zero-order valence-corrected chi connectivity index (χ0v) is 9.32. The predicted octanol–water partition coefficient (Wildman–Crippen LogP) is 2.42. The summed E-state index contributed by atoms with van der Waals surface area (Å²) >= 11 is 0. The zero-order chi connectivity index (χ0) is 11.4. The summed E-state index contributed by atoms with van der Waals surface area (Å²) in [4.78, 5) is 0. The molecule has 0 saturated heterocycles. The quantitative estimate of drug-likeness (QED) is 0.791. The molecule has 0 radical (unpaired) electrons. The molecule has 0 fully saturated rings. The third-order valence-electron chi connectivity index (χ3n) is 2.68. The normalized spacial score (nSPS) is 15.6. The molecule has 86 valence electrons. The van der Waals surface area contributed by atoms with Crippen molar-refractivity contribution in [3.8, 4) is 11.5 Å². The number of benzene rings is 1. The summed E-state index contributed by atoms with van der Waals surface area (Å²) in [6.07, 6.45) is 3.67. The molecule has 1 aromatic rings. The molecule has 0 bridgehead atoms. The summed E-state index contributed by atoms with van der Waals surface area (Å²) < 4.78 is 11.1. The van der Waals surface area contributed by atoms with E-state index >= 15 is 0 Å². The summed E-state index contributed by atoms with van der Waals surface area (Å²) in [5, 5.41) is 0. The fraction of sp³-hybridized carbons (Fsp3) is 0.385. The number of allylic oxidation sites excluding steroid dienone is 1. The Bertz CT molecular complexity index is 376. The minimum absolute atomic E-state index is 0.0188. The Morgan fingerprint density at radius 1 is 1.38 bits per heavy atom. The summed E-state index contributed by atoms with van der Waals surface area (Å²) in [5.41, 5.74) is 7.15. The molecule has 0 aromatic heterocycles. The Kier molecular flexibility index (Phi) is 3.47. The number of ether oxygens (including phenoxy) is 2. The first-order valence-corrected chi connectivity index (χ1v) is 5.58. The van der Waals surface area contributed by atoms with Crippen molar-refractivity contribution in [2.45, 2.75) is 18.9 Å². The van der Waals surface area contributed by atoms with Gasteiger partial charge in [-0.25, -0.2) is 0 Å². The third-order valence-corrected chi connectivity index (χ3v) is 2.68. The second kappa shape index (κ2) is 5.03. The van der Waals surface area contributed by atoms with Gasteiger partial charge in [-0.15, -0.1) is 6.58 Å². The van der Waals surface area contributed by atoms with E-state index in [-0.39, 0.29) is 6.04 Å². The monoisotopic (exact) mass is 219 g/mol. The standard InChI is InChI=1S/C13H17NO2/c1-2-3-6-11(14)10-5-4-7-12-13(10)16-9-8-15-12/h2,4-5,7,11H,1,3,6,8-9,14H2/t11-/m1/s1. The fourth-order valence-corrected chi connectivity index (χ4v) is 1.84. The predicted molar refractivity (Wildman–Crippen MR) is 63.8 cm³/mol. The van der Waals surface area contributed by atoms with Gasteiger partial charge in [-0.1, -0.05) is 18.2 Å². The average molecular weight is 219 g/mol. The highest BCUT2D eigenvalue weighted by molar-refractivity contribution is 5.48. The van der Waals surface area contributed by atoms with E-state index < -0.39 is 0 Å². The first-order chi connectivity index (χ1) is 7.83. The van der Waals surface area contributed by atoms with Crippen molar-refractivity contribution in [3.63, 3.8) is 0 Å². The number of rotatable bonds is 4. The maximum Gasteiger partial charge on any atom is 0.166 e. The van der Waals surface area contributed by atoms with Crippen LogP contribution in [0.15, 0.2) is 30.9 Å². The van der Waals surface area contributed by atoms with E-state index in [2.05, 4.69) is 6.58 Å². The average Bonchev–Trinajstić information content (AvgIpc) is 2.35. The maximum atomic E-state index is 6.12. The molecule has 1 aromatic carbocycles. The Hall–Kier alpha value is -1.48. The molecule has 2 rings (SSSR count). The Morgan fingerprint density at radius 2 is 2.19 bits per heavy atom. The van der Waals surface area contributed by atoms with Crippen molar-refractivity contribution in [1.29, 1.82) is 0 Å². The van der Waals surface area contributed by atoms with Gasteiger partial charge in [-0.3, -0.25) is 0 Å². The van der Waals surface area contributed by atoms with Crippen molar-refractivity contribution in [3.05, 3.63) is 36.4 Å². The van der Waals surface area contributed by atoms with E-state index in [1.165, 1.54) is 0 Å². The molecule has 0 saturated carbocycles. The van der Waals surface area contributed by atoms with Gasteiger partial charge >= 0.3 is 0 Å². The van der Waals surface area contributed by atoms with Gasteiger partial charge in [0.15, 0.2) is 11.5 Å². The molecule has 2 N–H and O–H groups in total. The highest BCUT2D eigenvalue weighted by Gasteiger charge is 2.19. The van der Waals surface area contributed by atoms with Gasteiger partial charge in [0, 0.05) is 11.6 Å². The van der Waals surface area contributed by atoms with Crippen molar-refractivity contribution in [1.82, 2.24) is 0 Å². The Labute approximate surface area is 95.9 Å². The molecule has 3 nitrogen and oxygen atoms in total. The number of fused-ring (bicyclic) bond motifs is 1. The molecule has 16 heavy (non-hydrogen) atoms. The van der Waals surface area contributed by atoms with Crippen LogP contribution in [0.3, 0.4) is 0 Å². The minimum atomic E-state index is -0.0188. The van der Waals surface area contributed by atoms with E-state index in [1.54, 1.807) is 0 Å². The Morgan fingerprint density at radius 3 is 3.00 bits per heavy atom. The summed E-state index contributed by atoms with van der Waals surface area (Å²) in [6, 6.07) is 5.85. The van der Waals surface area contributed by atoms with Crippen LogP contribution in [-0.4, -0.2) is 13.2 Å². The molecule has 1 aliphatic rings.